The highest BCUT2D eigenvalue weighted by molar-refractivity contribution is 7.85. The van der Waals surface area contributed by atoms with Crippen LogP contribution in [0.3, 0.4) is 0 Å². The van der Waals surface area contributed by atoms with Gasteiger partial charge in [-0.1, -0.05) is 116 Å². The van der Waals surface area contributed by atoms with E-state index in [9.17, 15) is 76.5 Å². The second-order valence-electron chi connectivity index (χ2n) is 25.7. The van der Waals surface area contributed by atoms with Crippen molar-refractivity contribution in [2.24, 2.45) is 35.1 Å². The van der Waals surface area contributed by atoms with Crippen LogP contribution < -0.4 is 38.1 Å². The highest BCUT2D eigenvalue weighted by Gasteiger charge is 2.36. The molecule has 0 fully saturated rings. The number of carbonyl (C=O) groups is 11. The summed E-state index contributed by atoms with van der Waals surface area (Å²) in [5.74, 6) is -9.15. The van der Waals surface area contributed by atoms with Gasteiger partial charge in [-0.05, 0) is 81.4 Å². The van der Waals surface area contributed by atoms with Crippen molar-refractivity contribution in [2.45, 2.75) is 232 Å². The van der Waals surface area contributed by atoms with Crippen LogP contribution in [0.2, 0.25) is 0 Å². The third-order valence-electron chi connectivity index (χ3n) is 16.4. The molecular weight excluding hydrogens is 1310 g/mol. The van der Waals surface area contributed by atoms with Crippen molar-refractivity contribution in [3.63, 3.8) is 0 Å². The molecule has 14 N–H and O–H groups in total. The summed E-state index contributed by atoms with van der Waals surface area (Å²) in [6, 6.07) is 2.23. The normalized spacial score (nSPS) is 13.3. The van der Waals surface area contributed by atoms with Crippen molar-refractivity contribution in [2.75, 3.05) is 71.7 Å². The molecule has 0 aliphatic rings. The number of ketones is 3. The number of aromatic hydroxyl groups is 1. The number of nitrogens with one attached hydrogen (secondary N) is 6. The van der Waals surface area contributed by atoms with Gasteiger partial charge < -0.3 is 72.3 Å². The zero-order valence-corrected chi connectivity index (χ0v) is 59.5. The van der Waals surface area contributed by atoms with Crippen LogP contribution in [0.4, 0.5) is 0 Å². The minimum absolute atomic E-state index is 0.00825. The molecule has 0 saturated heterocycles. The summed E-state index contributed by atoms with van der Waals surface area (Å²) in [6.07, 6.45) is 14.8. The van der Waals surface area contributed by atoms with Gasteiger partial charge in [0.1, 0.15) is 48.7 Å². The number of aliphatic carboxylic acids is 2. The molecule has 99 heavy (non-hydrogen) atoms. The smallest absolute Gasteiger partial charge is 0.326 e. The Balaban J connectivity index is 2.28. The van der Waals surface area contributed by atoms with Gasteiger partial charge in [-0.25, -0.2) is 9.59 Å². The number of amidine groups is 1. The van der Waals surface area contributed by atoms with Gasteiger partial charge >= 0.3 is 11.9 Å². The summed E-state index contributed by atoms with van der Waals surface area (Å²) < 4.78 is 52.0. The van der Waals surface area contributed by atoms with Gasteiger partial charge in [0.2, 0.25) is 35.4 Å². The quantitative estimate of drug-likeness (QED) is 0.0161. The highest BCUT2D eigenvalue weighted by Crippen LogP contribution is 2.29. The summed E-state index contributed by atoms with van der Waals surface area (Å²) in [4.78, 5) is 140. The second-order valence-corrected chi connectivity index (χ2v) is 27.3. The number of benzene rings is 1. The molecule has 0 bridgehead atoms. The first-order valence-electron chi connectivity index (χ1n) is 35.2. The van der Waals surface area contributed by atoms with E-state index in [-0.39, 0.29) is 177 Å². The van der Waals surface area contributed by atoms with Gasteiger partial charge in [-0.2, -0.15) is 8.42 Å². The molecule has 0 aliphatic carbocycles. The fraction of sp³-hybridized carbons (Fsp3) is 0.739. The van der Waals surface area contributed by atoms with Gasteiger partial charge in [0.25, 0.3) is 10.1 Å². The number of primary amides is 1. The first-order valence-corrected chi connectivity index (χ1v) is 36.8. The number of amides is 6. The maximum absolute atomic E-state index is 14.3. The molecule has 29 nitrogen and oxygen atoms in total. The highest BCUT2D eigenvalue weighted by atomic mass is 32.2. The van der Waals surface area contributed by atoms with Crippen LogP contribution in [0.15, 0.2) is 24.3 Å². The predicted octanol–water partition coefficient (Wildman–Crippen LogP) is 5.71. The Morgan fingerprint density at radius 1 is 0.495 bits per heavy atom. The Morgan fingerprint density at radius 2 is 1.00 bits per heavy atom. The van der Waals surface area contributed by atoms with Crippen molar-refractivity contribution in [1.29, 1.82) is 5.41 Å². The Kier molecular flexibility index (Phi) is 49.8. The molecule has 1 rings (SSSR count). The van der Waals surface area contributed by atoms with E-state index in [1.807, 2.05) is 13.8 Å². The lowest BCUT2D eigenvalue weighted by Gasteiger charge is -2.28. The molecule has 0 spiro atoms. The van der Waals surface area contributed by atoms with Crippen LogP contribution >= 0.6 is 0 Å². The summed E-state index contributed by atoms with van der Waals surface area (Å²) in [7, 11) is -3.88. The van der Waals surface area contributed by atoms with E-state index in [1.165, 1.54) is 12.1 Å². The van der Waals surface area contributed by atoms with Crippen LogP contribution in [0.25, 0.3) is 0 Å². The lowest BCUT2D eigenvalue weighted by molar-refractivity contribution is -0.143. The van der Waals surface area contributed by atoms with Crippen molar-refractivity contribution in [3.05, 3.63) is 29.8 Å². The number of carboxylic acid groups (broad SMARTS) is 2. The average Bonchev–Trinajstić information content (AvgIpc) is 0.845. The predicted molar refractivity (Wildman–Crippen MR) is 370 cm³/mol. The van der Waals surface area contributed by atoms with Crippen LogP contribution in [0, 0.1) is 29.1 Å². The van der Waals surface area contributed by atoms with E-state index in [1.54, 1.807) is 19.1 Å². The van der Waals surface area contributed by atoms with Crippen molar-refractivity contribution < 1.29 is 100.0 Å². The third-order valence-corrected chi connectivity index (χ3v) is 17.2. The summed E-state index contributed by atoms with van der Waals surface area (Å²) >= 11 is 0. The van der Waals surface area contributed by atoms with Crippen molar-refractivity contribution in [3.8, 4) is 5.75 Å². The van der Waals surface area contributed by atoms with E-state index in [4.69, 9.17) is 40.4 Å². The van der Waals surface area contributed by atoms with E-state index >= 15 is 0 Å². The zero-order valence-electron chi connectivity index (χ0n) is 58.6. The van der Waals surface area contributed by atoms with Gasteiger partial charge in [0.05, 0.1) is 44.6 Å². The SMILES string of the molecule is CC(C)CC(=O)C[C@@H](CCCCNC(=O)COCCOCCCC(=O)COCCOCCNC(=O)CC[C@H](NC(=O)CC[C@H](NC(=O)CCCCCCCCCCCCCCCS(=O)(=O)O)C(=O)O)C(=O)O)C(=O)C(C)[C@@H](CCCCC(=N)N)C(=O)N[C@@H](Cc1ccc(O)cc1)C(N)=O. The fourth-order valence-electron chi connectivity index (χ4n) is 10.9. The van der Waals surface area contributed by atoms with E-state index in [0.29, 0.717) is 63.4 Å². The number of hydrogen-bond donors (Lipinski definition) is 12. The summed E-state index contributed by atoms with van der Waals surface area (Å²) in [6.45, 7) is 6.36. The standard InChI is InChI=1S/C69H116N8O21S/c1-49(2)44-55(80)46-52(65(85)50(3)56(24-16-17-25-60(70)71)67(87)77-59(66(72)86)45-51-27-29-53(78)30-28-51)22-18-19-35-73-64(84)48-98-42-39-95-37-21-23-54(79)47-97-41-40-96-38-36-74-61(81)33-31-57(68(88)89)76-63(83)34-32-58(69(90)91)75-62(82)26-15-13-11-9-7-5-4-6-8-10-12-14-20-43-99(92,93)94/h27-30,49-50,52,56-59,78H,4-26,31-48H2,1-3H3,(H3,70,71)(H2,72,86)(H,73,84)(H,74,81)(H,75,82)(H,76,83)(H,77,87)(H,88,89)(H,90,91)(H,92,93,94)/t50?,52-,56-,57+,58+,59+/m1/s1. The maximum Gasteiger partial charge on any atom is 0.326 e. The second kappa shape index (κ2) is 54.8. The monoisotopic (exact) mass is 1420 g/mol. The fourth-order valence-corrected chi connectivity index (χ4v) is 11.4. The lowest BCUT2D eigenvalue weighted by atomic mass is 9.77. The molecule has 0 radical (unpaired) electrons. The van der Waals surface area contributed by atoms with Crippen LogP contribution in [0.5, 0.6) is 5.75 Å². The van der Waals surface area contributed by atoms with Gasteiger partial charge in [-0.3, -0.25) is 53.1 Å². The molecule has 0 saturated carbocycles. The van der Waals surface area contributed by atoms with Crippen LogP contribution in [-0.4, -0.2) is 189 Å². The molecule has 1 unspecified atom stereocenters. The first kappa shape index (κ1) is 90.0. The molecule has 564 valence electrons. The zero-order chi connectivity index (χ0) is 73.8. The topological polar surface area (TPSA) is 476 Å². The number of hydrogen-bond acceptors (Lipinski definition) is 19. The molecule has 1 aromatic carbocycles. The number of rotatable bonds is 65. The Morgan fingerprint density at radius 3 is 1.56 bits per heavy atom. The molecular formula is C69H116N8O21S. The summed E-state index contributed by atoms with van der Waals surface area (Å²) in [5.41, 5.74) is 11.9. The number of carbonyl (C=O) groups excluding carboxylic acids is 9. The van der Waals surface area contributed by atoms with Gasteiger partial charge in [0.15, 0.2) is 5.78 Å². The van der Waals surface area contributed by atoms with Crippen molar-refractivity contribution >= 4 is 80.7 Å². The summed E-state index contributed by atoms with van der Waals surface area (Å²) in [5, 5.41) is 49.4. The largest absolute Gasteiger partial charge is 0.508 e. The van der Waals surface area contributed by atoms with Gasteiger partial charge in [-0.15, -0.1) is 0 Å². The van der Waals surface area contributed by atoms with E-state index < -0.39 is 87.5 Å². The number of Topliss-reactive ketones (excluding diaryl/α,β-unsaturated/α-hetero) is 3. The molecule has 0 aliphatic heterocycles. The van der Waals surface area contributed by atoms with E-state index in [2.05, 4.69) is 26.6 Å². The molecule has 6 amide bonds. The molecule has 6 atom stereocenters. The Hall–Kier alpha value is -6.99. The number of ether oxygens (including phenoxy) is 4. The average molecular weight is 1430 g/mol. The molecule has 1 aromatic rings. The number of unbranched alkanes of at least 4 members (excludes halogenated alkanes) is 14. The Bertz CT molecular complexity index is 2700. The third kappa shape index (κ3) is 49.2. The number of nitrogens with two attached hydrogens (primary N) is 2. The molecule has 0 heterocycles. The van der Waals surface area contributed by atoms with Crippen LogP contribution in [-0.2, 0) is 88.2 Å². The number of carboxylic acids is 2. The maximum atomic E-state index is 14.3. The Labute approximate surface area is 584 Å². The minimum Gasteiger partial charge on any atom is -0.508 e. The molecule has 30 heteroatoms. The number of phenols is 1. The first-order chi connectivity index (χ1) is 47.1. The number of phenolic OH excluding ortho intramolecular Hbond substituents is 1. The lowest BCUT2D eigenvalue weighted by Crippen LogP contribution is -2.49. The van der Waals surface area contributed by atoms with E-state index in [0.717, 1.165) is 70.6 Å². The van der Waals surface area contributed by atoms with Gasteiger partial charge in [0, 0.05) is 88.8 Å². The minimum atomic E-state index is -3.88. The molecule has 0 aromatic heterocycles. The van der Waals surface area contributed by atoms with Crippen molar-refractivity contribution in [1.82, 2.24) is 26.6 Å². The van der Waals surface area contributed by atoms with Crippen LogP contribution in [0.1, 0.15) is 213 Å².